The Labute approximate surface area is 177 Å². The number of aliphatic hydroxyl groups is 2. The van der Waals surface area contributed by atoms with Crippen LogP contribution in [0.15, 0.2) is 35.4 Å². The van der Waals surface area contributed by atoms with Crippen LogP contribution in [0.25, 0.3) is 5.69 Å². The Balaban J connectivity index is 2.10. The van der Waals surface area contributed by atoms with Crippen molar-refractivity contribution in [3.63, 3.8) is 0 Å². The maximum absolute atomic E-state index is 13.9. The molecule has 0 aliphatic rings. The molecule has 3 N–H and O–H groups in total. The van der Waals surface area contributed by atoms with Gasteiger partial charge in [0.1, 0.15) is 16.5 Å². The molecule has 3 rings (SSSR count). The number of aryl methyl sites for hydroxylation is 2. The van der Waals surface area contributed by atoms with Gasteiger partial charge in [0, 0.05) is 24.0 Å². The summed E-state index contributed by atoms with van der Waals surface area (Å²) in [6.07, 6.45) is 1.80. The van der Waals surface area contributed by atoms with Gasteiger partial charge in [0.25, 0.3) is 5.56 Å². The minimum absolute atomic E-state index is 0.165. The van der Waals surface area contributed by atoms with Crippen molar-refractivity contribution < 1.29 is 33.6 Å². The lowest BCUT2D eigenvalue weighted by Crippen LogP contribution is -2.35. The highest BCUT2D eigenvalue weighted by Gasteiger charge is 2.36. The van der Waals surface area contributed by atoms with Crippen LogP contribution in [-0.2, 0) is 5.97 Å². The van der Waals surface area contributed by atoms with E-state index in [4.69, 9.17) is 21.4 Å². The van der Waals surface area contributed by atoms with E-state index in [1.165, 1.54) is 19.2 Å². The number of rotatable bonds is 5. The zero-order valence-corrected chi connectivity index (χ0v) is 16.7. The monoisotopic (exact) mass is 453 g/mol. The van der Waals surface area contributed by atoms with E-state index in [1.807, 2.05) is 0 Å². The zero-order chi connectivity index (χ0) is 23.1. The number of nitrogens with zero attached hydrogens (tertiary/aromatic N) is 3. The second-order valence-corrected chi connectivity index (χ2v) is 6.84. The highest BCUT2D eigenvalue weighted by atomic mass is 35.5. The van der Waals surface area contributed by atoms with Crippen molar-refractivity contribution >= 4 is 17.6 Å². The zero-order valence-electron chi connectivity index (χ0n) is 15.9. The van der Waals surface area contributed by atoms with Crippen molar-refractivity contribution in [3.8, 4) is 11.4 Å². The molecule has 0 aromatic carbocycles. The summed E-state index contributed by atoms with van der Waals surface area (Å²) in [4.78, 5) is 31.1. The number of hydrogen-bond donors (Lipinski definition) is 3. The first kappa shape index (κ1) is 22.3. The van der Waals surface area contributed by atoms with Crippen molar-refractivity contribution in [1.82, 2.24) is 14.5 Å². The quantitative estimate of drug-likeness (QED) is 0.499. The predicted molar refractivity (Wildman–Crippen MR) is 102 cm³/mol. The smallest absolute Gasteiger partial charge is 0.372 e. The number of carboxylic acid groups (broad SMARTS) is 1. The molecule has 0 radical (unpaired) electrons. The van der Waals surface area contributed by atoms with Crippen LogP contribution < -0.4 is 10.3 Å². The number of pyridine rings is 3. The van der Waals surface area contributed by atoms with E-state index >= 15 is 0 Å². The van der Waals surface area contributed by atoms with Gasteiger partial charge in [-0.1, -0.05) is 11.6 Å². The Morgan fingerprint density at radius 2 is 1.84 bits per heavy atom. The van der Waals surface area contributed by atoms with E-state index in [-0.39, 0.29) is 17.1 Å². The predicted octanol–water partition coefficient (Wildman–Crippen LogP) is 2.05. The molecule has 3 aromatic rings. The van der Waals surface area contributed by atoms with E-state index in [1.54, 1.807) is 6.92 Å². The van der Waals surface area contributed by atoms with Gasteiger partial charge < -0.3 is 20.1 Å². The number of aromatic carboxylic acids is 1. The number of hydrogen-bond acceptors (Lipinski definition) is 7. The molecule has 0 bridgehead atoms. The van der Waals surface area contributed by atoms with E-state index in [9.17, 15) is 28.6 Å². The lowest BCUT2D eigenvalue weighted by molar-refractivity contribution is -0.308. The molecule has 31 heavy (non-hydrogen) atoms. The molecule has 162 valence electrons. The molecule has 3 heterocycles. The number of ether oxygens (including phenoxy) is 1. The van der Waals surface area contributed by atoms with Crippen molar-refractivity contribution in [2.45, 2.75) is 19.8 Å². The van der Waals surface area contributed by atoms with Gasteiger partial charge in [-0.15, -0.1) is 0 Å². The van der Waals surface area contributed by atoms with Crippen LogP contribution in [0.5, 0.6) is 5.75 Å². The Bertz CT molecular complexity index is 1260. The standard InChI is InChI=1S/C19H14ClF2N3O6/c1-8-6-23-12(18(27)28)5-13(8)25-9(2)3-14(15(20)17(25)26)31-19(29,30)16-11(22)4-10(21)7-24-16/h3-7,29-30H,1-2H3,(H,27,28). The molecule has 0 atom stereocenters. The second kappa shape index (κ2) is 8.02. The van der Waals surface area contributed by atoms with Crippen molar-refractivity contribution in [2.75, 3.05) is 0 Å². The van der Waals surface area contributed by atoms with E-state index in [2.05, 4.69) is 9.97 Å². The second-order valence-electron chi connectivity index (χ2n) is 6.46. The Morgan fingerprint density at radius 3 is 2.45 bits per heavy atom. The first-order chi connectivity index (χ1) is 14.4. The Hall–Kier alpha value is -3.41. The first-order valence-electron chi connectivity index (χ1n) is 8.50. The summed E-state index contributed by atoms with van der Waals surface area (Å²) < 4.78 is 32.9. The van der Waals surface area contributed by atoms with Gasteiger partial charge in [-0.25, -0.2) is 23.5 Å². The van der Waals surface area contributed by atoms with Crippen LogP contribution in [0.4, 0.5) is 8.78 Å². The number of carboxylic acids is 1. The van der Waals surface area contributed by atoms with Crippen LogP contribution in [-0.4, -0.2) is 35.8 Å². The topological polar surface area (TPSA) is 135 Å². The molecule has 12 heteroatoms. The normalized spacial score (nSPS) is 11.5. The molecule has 0 aliphatic carbocycles. The third kappa shape index (κ3) is 4.24. The van der Waals surface area contributed by atoms with E-state index < -0.39 is 45.6 Å². The molecular formula is C19H14ClF2N3O6. The maximum atomic E-state index is 13.9. The molecule has 0 fully saturated rings. The summed E-state index contributed by atoms with van der Waals surface area (Å²) in [6.45, 7) is 3.03. The van der Waals surface area contributed by atoms with Gasteiger partial charge in [-0.3, -0.25) is 9.36 Å². The van der Waals surface area contributed by atoms with Crippen LogP contribution in [0.1, 0.15) is 27.4 Å². The van der Waals surface area contributed by atoms with Crippen molar-refractivity contribution in [2.24, 2.45) is 0 Å². The van der Waals surface area contributed by atoms with Gasteiger partial charge in [-0.05, 0) is 25.5 Å². The molecule has 0 aliphatic heterocycles. The fraction of sp³-hybridized carbons (Fsp3) is 0.158. The summed E-state index contributed by atoms with van der Waals surface area (Å²) in [6, 6.07) is 2.68. The van der Waals surface area contributed by atoms with Crippen molar-refractivity contribution in [3.05, 3.63) is 80.2 Å². The minimum atomic E-state index is -3.38. The average Bonchev–Trinajstić information content (AvgIpc) is 2.66. The molecule has 3 aromatic heterocycles. The fourth-order valence-electron chi connectivity index (χ4n) is 2.78. The minimum Gasteiger partial charge on any atom is -0.477 e. The molecule has 0 saturated heterocycles. The van der Waals surface area contributed by atoms with Crippen LogP contribution in [0, 0.1) is 25.5 Å². The Morgan fingerprint density at radius 1 is 1.16 bits per heavy atom. The summed E-state index contributed by atoms with van der Waals surface area (Å²) in [5.74, 6) is -7.67. The van der Waals surface area contributed by atoms with Gasteiger partial charge in [0.05, 0.1) is 11.9 Å². The summed E-state index contributed by atoms with van der Waals surface area (Å²) in [5.41, 5.74) is -1.46. The molecule has 0 saturated carbocycles. The summed E-state index contributed by atoms with van der Waals surface area (Å²) >= 11 is 6.05. The van der Waals surface area contributed by atoms with Gasteiger partial charge in [-0.2, -0.15) is 0 Å². The number of halogens is 3. The molecular weight excluding hydrogens is 440 g/mol. The van der Waals surface area contributed by atoms with E-state index in [0.717, 1.165) is 10.6 Å². The van der Waals surface area contributed by atoms with E-state index in [0.29, 0.717) is 17.8 Å². The van der Waals surface area contributed by atoms with Gasteiger partial charge in [0.2, 0.25) is 0 Å². The lowest BCUT2D eigenvalue weighted by atomic mass is 10.2. The van der Waals surface area contributed by atoms with Crippen LogP contribution in [0.3, 0.4) is 0 Å². The first-order valence-corrected chi connectivity index (χ1v) is 8.88. The summed E-state index contributed by atoms with van der Waals surface area (Å²) in [5, 5.41) is 28.8. The van der Waals surface area contributed by atoms with Gasteiger partial charge in [0.15, 0.2) is 17.3 Å². The Kier molecular flexibility index (Phi) is 5.77. The van der Waals surface area contributed by atoms with Crippen molar-refractivity contribution in [1.29, 1.82) is 0 Å². The third-order valence-corrected chi connectivity index (χ3v) is 4.55. The van der Waals surface area contributed by atoms with Crippen LogP contribution >= 0.6 is 11.6 Å². The largest absolute Gasteiger partial charge is 0.477 e. The highest BCUT2D eigenvalue weighted by molar-refractivity contribution is 6.31. The molecule has 0 amide bonds. The van der Waals surface area contributed by atoms with Crippen LogP contribution in [0.2, 0.25) is 5.02 Å². The SMILES string of the molecule is Cc1cnc(C(=O)O)cc1-n1c(C)cc(OC(O)(O)c2ncc(F)cc2F)c(Cl)c1=O. The van der Waals surface area contributed by atoms with Gasteiger partial charge >= 0.3 is 11.9 Å². The highest BCUT2D eigenvalue weighted by Crippen LogP contribution is 2.30. The summed E-state index contributed by atoms with van der Waals surface area (Å²) in [7, 11) is 0. The molecule has 0 spiro atoms. The number of carbonyl (C=O) groups is 1. The molecule has 0 unspecified atom stereocenters. The maximum Gasteiger partial charge on any atom is 0.372 e. The average molecular weight is 454 g/mol. The fourth-order valence-corrected chi connectivity index (χ4v) is 2.96. The third-order valence-electron chi connectivity index (χ3n) is 4.20. The number of aromatic nitrogens is 3. The lowest BCUT2D eigenvalue weighted by Gasteiger charge is -2.24. The molecule has 9 nitrogen and oxygen atoms in total.